The van der Waals surface area contributed by atoms with Gasteiger partial charge in [0, 0.05) is 17.9 Å². The van der Waals surface area contributed by atoms with Crippen LogP contribution in [0, 0.1) is 5.41 Å². The summed E-state index contributed by atoms with van der Waals surface area (Å²) < 4.78 is 21.6. The van der Waals surface area contributed by atoms with Gasteiger partial charge in [-0.2, -0.15) is 0 Å². The molecule has 1 fully saturated rings. The smallest absolute Gasteiger partial charge is 0.0701 e. The molecule has 1 saturated carbocycles. The molecule has 0 bridgehead atoms. The van der Waals surface area contributed by atoms with Crippen LogP contribution >= 0.6 is 15.9 Å². The van der Waals surface area contributed by atoms with Crippen molar-refractivity contribution in [1.82, 2.24) is 0 Å². The topological polar surface area (TPSA) is 36.9 Å². The van der Waals surface area contributed by atoms with E-state index < -0.39 is 0 Å². The van der Waals surface area contributed by atoms with Crippen LogP contribution in [0.3, 0.4) is 0 Å². The molecule has 4 nitrogen and oxygen atoms in total. The lowest BCUT2D eigenvalue weighted by Crippen LogP contribution is -2.29. The van der Waals surface area contributed by atoms with Crippen molar-refractivity contribution in [3.05, 3.63) is 0 Å². The van der Waals surface area contributed by atoms with Crippen LogP contribution in [0.4, 0.5) is 0 Å². The Labute approximate surface area is 138 Å². The highest BCUT2D eigenvalue weighted by Crippen LogP contribution is 2.36. The molecule has 0 unspecified atom stereocenters. The third-order valence-electron chi connectivity index (χ3n) is 4.03. The second-order valence-electron chi connectivity index (χ2n) is 5.82. The summed E-state index contributed by atoms with van der Waals surface area (Å²) in [5, 5.41) is 1.05. The monoisotopic (exact) mass is 366 g/mol. The van der Waals surface area contributed by atoms with Gasteiger partial charge in [-0.25, -0.2) is 0 Å². The molecule has 0 amide bonds. The average molecular weight is 367 g/mol. The Kier molecular flexibility index (Phi) is 11.8. The fourth-order valence-corrected chi connectivity index (χ4v) is 3.39. The number of methoxy groups -OCH3 is 1. The molecular formula is C16H31BrO4. The number of rotatable bonds is 12. The Balaban J connectivity index is 1.97. The summed E-state index contributed by atoms with van der Waals surface area (Å²) in [4.78, 5) is 0. The maximum absolute atomic E-state index is 5.85. The molecule has 1 aliphatic carbocycles. The van der Waals surface area contributed by atoms with Crippen LogP contribution in [0.1, 0.15) is 38.5 Å². The first kappa shape index (κ1) is 19.4. The second kappa shape index (κ2) is 12.8. The summed E-state index contributed by atoms with van der Waals surface area (Å²) in [6.45, 7) is 4.68. The Bertz CT molecular complexity index is 230. The molecule has 21 heavy (non-hydrogen) atoms. The van der Waals surface area contributed by atoms with E-state index in [1.165, 1.54) is 38.5 Å². The molecule has 0 N–H and O–H groups in total. The molecule has 0 saturated heterocycles. The number of ether oxygens (including phenoxy) is 4. The minimum Gasteiger partial charge on any atom is -0.382 e. The molecular weight excluding hydrogens is 336 g/mol. The van der Waals surface area contributed by atoms with Crippen LogP contribution in [0.2, 0.25) is 0 Å². The first-order valence-electron chi connectivity index (χ1n) is 8.11. The minimum atomic E-state index is 0.347. The van der Waals surface area contributed by atoms with Gasteiger partial charge in [-0.1, -0.05) is 41.6 Å². The molecule has 0 aromatic heterocycles. The maximum Gasteiger partial charge on any atom is 0.0701 e. The molecule has 0 aromatic carbocycles. The van der Waals surface area contributed by atoms with E-state index in [-0.39, 0.29) is 0 Å². The van der Waals surface area contributed by atoms with Crippen LogP contribution in [0.25, 0.3) is 0 Å². The van der Waals surface area contributed by atoms with Crippen LogP contribution in [-0.2, 0) is 18.9 Å². The largest absolute Gasteiger partial charge is 0.382 e. The average Bonchev–Trinajstić information content (AvgIpc) is 2.75. The van der Waals surface area contributed by atoms with E-state index in [4.69, 9.17) is 18.9 Å². The highest BCUT2D eigenvalue weighted by Gasteiger charge is 2.29. The summed E-state index contributed by atoms with van der Waals surface area (Å²) in [5.74, 6) is 0. The summed E-state index contributed by atoms with van der Waals surface area (Å²) >= 11 is 3.69. The molecule has 0 spiro atoms. The van der Waals surface area contributed by atoms with Crippen LogP contribution in [-0.4, -0.2) is 58.7 Å². The van der Waals surface area contributed by atoms with E-state index in [1.54, 1.807) is 7.11 Å². The zero-order chi connectivity index (χ0) is 15.2. The van der Waals surface area contributed by atoms with Crippen molar-refractivity contribution in [3.8, 4) is 0 Å². The van der Waals surface area contributed by atoms with Crippen molar-refractivity contribution >= 4 is 15.9 Å². The van der Waals surface area contributed by atoms with Crippen molar-refractivity contribution in [2.45, 2.75) is 38.5 Å². The number of hydrogen-bond donors (Lipinski definition) is 0. The van der Waals surface area contributed by atoms with Gasteiger partial charge in [0.2, 0.25) is 0 Å². The second-order valence-corrected chi connectivity index (χ2v) is 6.38. The van der Waals surface area contributed by atoms with Gasteiger partial charge in [0.15, 0.2) is 0 Å². The van der Waals surface area contributed by atoms with Gasteiger partial charge in [0.1, 0.15) is 0 Å². The zero-order valence-corrected chi connectivity index (χ0v) is 15.0. The van der Waals surface area contributed by atoms with Crippen molar-refractivity contribution in [3.63, 3.8) is 0 Å². The summed E-state index contributed by atoms with van der Waals surface area (Å²) in [6, 6.07) is 0. The van der Waals surface area contributed by atoms with E-state index in [9.17, 15) is 0 Å². The first-order valence-corrected chi connectivity index (χ1v) is 9.23. The number of alkyl halides is 1. The SMILES string of the molecule is COCCOCCOCCOCC1(CBr)CCCCCC1. The lowest BCUT2D eigenvalue weighted by atomic mass is 9.83. The number of halogens is 1. The lowest BCUT2D eigenvalue weighted by molar-refractivity contribution is -0.0135. The van der Waals surface area contributed by atoms with E-state index >= 15 is 0 Å². The summed E-state index contributed by atoms with van der Waals surface area (Å²) in [7, 11) is 1.67. The molecule has 0 aromatic rings. The molecule has 0 radical (unpaired) electrons. The molecule has 0 heterocycles. The minimum absolute atomic E-state index is 0.347. The fraction of sp³-hybridized carbons (Fsp3) is 1.00. The van der Waals surface area contributed by atoms with Gasteiger partial charge in [-0.3, -0.25) is 0 Å². The highest BCUT2D eigenvalue weighted by atomic mass is 79.9. The molecule has 1 rings (SSSR count). The van der Waals surface area contributed by atoms with E-state index in [0.29, 0.717) is 45.1 Å². The van der Waals surface area contributed by atoms with Gasteiger partial charge >= 0.3 is 0 Å². The summed E-state index contributed by atoms with van der Waals surface area (Å²) in [6.07, 6.45) is 8.00. The predicted molar refractivity (Wildman–Crippen MR) is 88.3 cm³/mol. The van der Waals surface area contributed by atoms with E-state index in [0.717, 1.165) is 11.9 Å². The van der Waals surface area contributed by atoms with E-state index in [1.807, 2.05) is 0 Å². The Morgan fingerprint density at radius 3 is 1.81 bits per heavy atom. The normalized spacial score (nSPS) is 18.6. The molecule has 0 aliphatic heterocycles. The predicted octanol–water partition coefficient (Wildman–Crippen LogP) is 3.42. The van der Waals surface area contributed by atoms with Crippen LogP contribution < -0.4 is 0 Å². The standard InChI is InChI=1S/C16H31BrO4/c1-18-8-9-19-10-11-20-12-13-21-15-16(14-17)6-4-2-3-5-7-16/h2-15H2,1H3. The Morgan fingerprint density at radius 2 is 1.29 bits per heavy atom. The van der Waals surface area contributed by atoms with Crippen LogP contribution in [0.15, 0.2) is 0 Å². The Hall–Kier alpha value is 0.320. The van der Waals surface area contributed by atoms with Gasteiger partial charge in [0.25, 0.3) is 0 Å². The van der Waals surface area contributed by atoms with Crippen LogP contribution in [0.5, 0.6) is 0 Å². The molecule has 5 heteroatoms. The van der Waals surface area contributed by atoms with Gasteiger partial charge in [-0.15, -0.1) is 0 Å². The summed E-state index contributed by atoms with van der Waals surface area (Å²) in [5.41, 5.74) is 0.347. The zero-order valence-electron chi connectivity index (χ0n) is 13.4. The lowest BCUT2D eigenvalue weighted by Gasteiger charge is -2.30. The van der Waals surface area contributed by atoms with Gasteiger partial charge in [-0.05, 0) is 12.8 Å². The van der Waals surface area contributed by atoms with Gasteiger partial charge < -0.3 is 18.9 Å². The quantitative estimate of drug-likeness (QED) is 0.301. The highest BCUT2D eigenvalue weighted by molar-refractivity contribution is 9.09. The van der Waals surface area contributed by atoms with Crippen molar-refractivity contribution in [2.24, 2.45) is 5.41 Å². The van der Waals surface area contributed by atoms with E-state index in [2.05, 4.69) is 15.9 Å². The van der Waals surface area contributed by atoms with Gasteiger partial charge in [0.05, 0.1) is 46.2 Å². The third-order valence-corrected chi connectivity index (χ3v) is 5.22. The Morgan fingerprint density at radius 1 is 0.762 bits per heavy atom. The van der Waals surface area contributed by atoms with Crippen molar-refractivity contribution < 1.29 is 18.9 Å². The van der Waals surface area contributed by atoms with Crippen molar-refractivity contribution in [2.75, 3.05) is 58.7 Å². The fourth-order valence-electron chi connectivity index (χ4n) is 2.67. The maximum atomic E-state index is 5.85. The van der Waals surface area contributed by atoms with Crippen molar-refractivity contribution in [1.29, 1.82) is 0 Å². The first-order chi connectivity index (χ1) is 10.3. The molecule has 1 aliphatic rings. The molecule has 126 valence electrons. The third kappa shape index (κ3) is 9.14. The number of hydrogen-bond acceptors (Lipinski definition) is 4. The molecule has 0 atom stereocenters.